The highest BCUT2D eigenvalue weighted by Gasteiger charge is 2.31. The smallest absolute Gasteiger partial charge is 0.407 e. The maximum Gasteiger partial charge on any atom is 0.407 e. The predicted molar refractivity (Wildman–Crippen MR) is 116 cm³/mol. The molecule has 0 aliphatic carbocycles. The van der Waals surface area contributed by atoms with Gasteiger partial charge in [0.1, 0.15) is 5.60 Å². The van der Waals surface area contributed by atoms with Gasteiger partial charge >= 0.3 is 6.09 Å². The molecule has 0 radical (unpaired) electrons. The first-order valence-electron chi connectivity index (χ1n) is 10.3. The van der Waals surface area contributed by atoms with Crippen molar-refractivity contribution in [2.75, 3.05) is 6.54 Å². The number of hydrogen-bond acceptors (Lipinski definition) is 5. The van der Waals surface area contributed by atoms with Crippen molar-refractivity contribution in [1.29, 1.82) is 0 Å². The summed E-state index contributed by atoms with van der Waals surface area (Å²) in [5.41, 5.74) is -0.239. The maximum atomic E-state index is 12.6. The zero-order valence-electron chi connectivity index (χ0n) is 18.7. The lowest BCUT2D eigenvalue weighted by Gasteiger charge is -2.35. The number of carbonyl (C=O) groups excluding carboxylic acids is 2. The van der Waals surface area contributed by atoms with Crippen molar-refractivity contribution in [3.05, 3.63) is 42.4 Å². The Balaban J connectivity index is 1.89. The summed E-state index contributed by atoms with van der Waals surface area (Å²) in [5.74, 6) is 1.17. The molecule has 0 spiro atoms. The summed E-state index contributed by atoms with van der Waals surface area (Å²) in [6.45, 7) is 11.6. The lowest BCUT2D eigenvalue weighted by atomic mass is 9.88. The van der Waals surface area contributed by atoms with Crippen LogP contribution in [-0.4, -0.2) is 34.7 Å². The zero-order chi connectivity index (χ0) is 22.4. The topological polar surface area (TPSA) is 93.5 Å². The number of nitrogens with one attached hydrogen (secondary N) is 2. The van der Waals surface area contributed by atoms with Gasteiger partial charge in [0, 0.05) is 24.9 Å². The fraction of sp³-hybridized carbons (Fsp3) is 0.522. The Morgan fingerprint density at radius 2 is 1.80 bits per heavy atom. The van der Waals surface area contributed by atoms with Gasteiger partial charge in [0.25, 0.3) is 0 Å². The van der Waals surface area contributed by atoms with Gasteiger partial charge in [0.15, 0.2) is 11.7 Å². The Bertz CT molecular complexity index is 840. The first-order valence-corrected chi connectivity index (χ1v) is 10.3. The van der Waals surface area contributed by atoms with Gasteiger partial charge < -0.3 is 19.8 Å². The number of nitrogens with zero attached hydrogens (tertiary/aromatic N) is 1. The van der Waals surface area contributed by atoms with E-state index in [1.54, 1.807) is 6.20 Å². The SMILES string of the molecule is CC(C)C(C)(CNC(=O)OC(C)(C)C)NC(=O)CCc1ncc(-c2ccccc2)o1. The van der Waals surface area contributed by atoms with Crippen LogP contribution in [0.25, 0.3) is 11.3 Å². The van der Waals surface area contributed by atoms with Gasteiger partial charge in [0.2, 0.25) is 5.91 Å². The van der Waals surface area contributed by atoms with Crippen LogP contribution in [0.2, 0.25) is 0 Å². The van der Waals surface area contributed by atoms with Gasteiger partial charge in [-0.25, -0.2) is 9.78 Å². The Morgan fingerprint density at radius 1 is 1.13 bits per heavy atom. The van der Waals surface area contributed by atoms with Crippen LogP contribution in [0, 0.1) is 5.92 Å². The number of oxazole rings is 1. The van der Waals surface area contributed by atoms with E-state index in [2.05, 4.69) is 15.6 Å². The first-order chi connectivity index (χ1) is 14.0. The number of benzene rings is 1. The van der Waals surface area contributed by atoms with E-state index in [-0.39, 0.29) is 24.8 Å². The Labute approximate surface area is 178 Å². The fourth-order valence-corrected chi connectivity index (χ4v) is 2.73. The quantitative estimate of drug-likeness (QED) is 0.669. The van der Waals surface area contributed by atoms with E-state index in [0.29, 0.717) is 18.1 Å². The zero-order valence-corrected chi connectivity index (χ0v) is 18.7. The molecule has 0 bridgehead atoms. The summed E-state index contributed by atoms with van der Waals surface area (Å²) in [6, 6.07) is 9.70. The van der Waals surface area contributed by atoms with Crippen LogP contribution in [-0.2, 0) is 16.0 Å². The van der Waals surface area contributed by atoms with Crippen molar-refractivity contribution in [2.24, 2.45) is 5.92 Å². The summed E-state index contributed by atoms with van der Waals surface area (Å²) >= 11 is 0. The molecule has 0 aliphatic heterocycles. The largest absolute Gasteiger partial charge is 0.444 e. The number of rotatable bonds is 8. The molecule has 1 heterocycles. The van der Waals surface area contributed by atoms with Crippen molar-refractivity contribution in [1.82, 2.24) is 15.6 Å². The van der Waals surface area contributed by atoms with Crippen molar-refractivity contribution >= 4 is 12.0 Å². The Hall–Kier alpha value is -2.83. The summed E-state index contributed by atoms with van der Waals surface area (Å²) in [5, 5.41) is 5.80. The summed E-state index contributed by atoms with van der Waals surface area (Å²) < 4.78 is 11.0. The average Bonchev–Trinajstić information content (AvgIpc) is 3.13. The van der Waals surface area contributed by atoms with Crippen molar-refractivity contribution in [3.63, 3.8) is 0 Å². The maximum absolute atomic E-state index is 12.6. The van der Waals surface area contributed by atoms with Crippen LogP contribution >= 0.6 is 0 Å². The number of amides is 2. The van der Waals surface area contributed by atoms with Crippen LogP contribution < -0.4 is 10.6 Å². The molecular weight excluding hydrogens is 382 g/mol. The van der Waals surface area contributed by atoms with E-state index in [1.807, 2.05) is 71.9 Å². The highest BCUT2D eigenvalue weighted by Crippen LogP contribution is 2.21. The molecule has 0 saturated heterocycles. The normalized spacial score (nSPS) is 13.6. The second-order valence-electron chi connectivity index (χ2n) is 8.96. The lowest BCUT2D eigenvalue weighted by molar-refractivity contribution is -0.123. The van der Waals surface area contributed by atoms with Gasteiger partial charge in [-0.05, 0) is 33.6 Å². The summed E-state index contributed by atoms with van der Waals surface area (Å²) in [4.78, 5) is 28.8. The molecule has 0 aliphatic rings. The van der Waals surface area contributed by atoms with Crippen LogP contribution in [0.5, 0.6) is 0 Å². The van der Waals surface area contributed by atoms with Crippen LogP contribution in [0.15, 0.2) is 40.9 Å². The molecule has 2 rings (SSSR count). The fourth-order valence-electron chi connectivity index (χ4n) is 2.73. The monoisotopic (exact) mass is 415 g/mol. The molecule has 7 heteroatoms. The van der Waals surface area contributed by atoms with Gasteiger partial charge in [-0.1, -0.05) is 44.2 Å². The number of alkyl carbamates (subject to hydrolysis) is 1. The number of ether oxygens (including phenoxy) is 1. The van der Waals surface area contributed by atoms with E-state index >= 15 is 0 Å². The van der Waals surface area contributed by atoms with Crippen LogP contribution in [0.3, 0.4) is 0 Å². The molecule has 1 atom stereocenters. The molecule has 0 saturated carbocycles. The minimum absolute atomic E-state index is 0.0998. The van der Waals surface area contributed by atoms with E-state index in [9.17, 15) is 9.59 Å². The number of carbonyl (C=O) groups is 2. The molecule has 164 valence electrons. The second kappa shape index (κ2) is 9.78. The third-order valence-electron chi connectivity index (χ3n) is 4.88. The average molecular weight is 416 g/mol. The standard InChI is InChI=1S/C23H33N3O4/c1-16(2)23(6,15-25-21(28)30-22(3,4)5)26-19(27)12-13-20-24-14-18(29-20)17-10-8-7-9-11-17/h7-11,14,16H,12-13,15H2,1-6H3,(H,25,28)(H,26,27). The van der Waals surface area contributed by atoms with Crippen LogP contribution in [0.1, 0.15) is 53.9 Å². The number of aryl methyl sites for hydroxylation is 1. The molecule has 1 aromatic carbocycles. The first kappa shape index (κ1) is 23.4. The second-order valence-corrected chi connectivity index (χ2v) is 8.96. The van der Waals surface area contributed by atoms with E-state index < -0.39 is 17.2 Å². The van der Waals surface area contributed by atoms with Crippen molar-refractivity contribution < 1.29 is 18.7 Å². The van der Waals surface area contributed by atoms with Crippen LogP contribution in [0.4, 0.5) is 4.79 Å². The molecule has 1 aromatic heterocycles. The molecule has 2 amide bonds. The van der Waals surface area contributed by atoms with E-state index in [1.165, 1.54) is 0 Å². The van der Waals surface area contributed by atoms with Crippen molar-refractivity contribution in [2.45, 2.75) is 65.5 Å². The Morgan fingerprint density at radius 3 is 2.40 bits per heavy atom. The predicted octanol–water partition coefficient (Wildman–Crippen LogP) is 4.33. The van der Waals surface area contributed by atoms with E-state index in [4.69, 9.17) is 9.15 Å². The summed E-state index contributed by atoms with van der Waals surface area (Å²) in [6.07, 6.45) is 1.80. The third kappa shape index (κ3) is 7.21. The van der Waals surface area contributed by atoms with Gasteiger partial charge in [-0.2, -0.15) is 0 Å². The molecule has 1 unspecified atom stereocenters. The minimum atomic E-state index is -0.611. The van der Waals surface area contributed by atoms with Gasteiger partial charge in [-0.15, -0.1) is 0 Å². The third-order valence-corrected chi connectivity index (χ3v) is 4.88. The lowest BCUT2D eigenvalue weighted by Crippen LogP contribution is -2.57. The molecule has 0 fully saturated rings. The van der Waals surface area contributed by atoms with E-state index in [0.717, 1.165) is 5.56 Å². The number of aromatic nitrogens is 1. The molecule has 2 N–H and O–H groups in total. The molecule has 2 aromatic rings. The molecule has 7 nitrogen and oxygen atoms in total. The van der Waals surface area contributed by atoms with Gasteiger partial charge in [-0.3, -0.25) is 4.79 Å². The molecule has 30 heavy (non-hydrogen) atoms. The highest BCUT2D eigenvalue weighted by molar-refractivity contribution is 5.77. The minimum Gasteiger partial charge on any atom is -0.444 e. The molecular formula is C23H33N3O4. The highest BCUT2D eigenvalue weighted by atomic mass is 16.6. The number of hydrogen-bond donors (Lipinski definition) is 2. The Kier molecular flexibility index (Phi) is 7.65. The summed E-state index contributed by atoms with van der Waals surface area (Å²) in [7, 11) is 0. The van der Waals surface area contributed by atoms with Crippen molar-refractivity contribution in [3.8, 4) is 11.3 Å². The van der Waals surface area contributed by atoms with Gasteiger partial charge in [0.05, 0.1) is 11.7 Å².